The molecule has 1 aliphatic rings. The number of aryl methyl sites for hydroxylation is 2. The van der Waals surface area contributed by atoms with Crippen molar-refractivity contribution in [3.63, 3.8) is 0 Å². The average Bonchev–Trinajstić information content (AvgIpc) is 2.91. The van der Waals surface area contributed by atoms with Crippen LogP contribution in [0.1, 0.15) is 43.1 Å². The summed E-state index contributed by atoms with van der Waals surface area (Å²) >= 11 is 6.13. The van der Waals surface area contributed by atoms with Crippen LogP contribution in [0, 0.1) is 6.92 Å². The van der Waals surface area contributed by atoms with Crippen LogP contribution in [0.15, 0.2) is 6.07 Å². The normalized spacial score (nSPS) is 17.1. The lowest BCUT2D eigenvalue weighted by molar-refractivity contribution is 0.666. The topological polar surface area (TPSA) is 30.7 Å². The molecular formula is C13H16ClN3. The highest BCUT2D eigenvalue weighted by Gasteiger charge is 2.21. The van der Waals surface area contributed by atoms with Crippen molar-refractivity contribution in [2.75, 3.05) is 0 Å². The summed E-state index contributed by atoms with van der Waals surface area (Å²) in [5.41, 5.74) is 2.00. The van der Waals surface area contributed by atoms with E-state index in [-0.39, 0.29) is 0 Å². The number of rotatable bonds is 1. The van der Waals surface area contributed by atoms with Crippen molar-refractivity contribution in [2.45, 2.75) is 38.5 Å². The SMILES string of the molecule is Cc1nc(C2CCCC2)nc2c1cc(Cl)n2C. The summed E-state index contributed by atoms with van der Waals surface area (Å²) in [4.78, 5) is 9.36. The number of hydrogen-bond donors (Lipinski definition) is 0. The minimum Gasteiger partial charge on any atom is -0.319 e. The Morgan fingerprint density at radius 2 is 2.00 bits per heavy atom. The van der Waals surface area contributed by atoms with Crippen LogP contribution in [0.2, 0.25) is 5.15 Å². The molecule has 0 radical (unpaired) electrons. The van der Waals surface area contributed by atoms with Gasteiger partial charge in [-0.05, 0) is 25.8 Å². The number of fused-ring (bicyclic) bond motifs is 1. The van der Waals surface area contributed by atoms with Gasteiger partial charge in [0.15, 0.2) is 0 Å². The van der Waals surface area contributed by atoms with Crippen molar-refractivity contribution in [3.05, 3.63) is 22.7 Å². The standard InChI is InChI=1S/C13H16ClN3/c1-8-10-7-11(14)17(2)13(10)16-12(15-8)9-5-3-4-6-9/h7,9H,3-6H2,1-2H3. The summed E-state index contributed by atoms with van der Waals surface area (Å²) in [5, 5.41) is 1.79. The maximum Gasteiger partial charge on any atom is 0.144 e. The Labute approximate surface area is 106 Å². The van der Waals surface area contributed by atoms with Gasteiger partial charge in [0.2, 0.25) is 0 Å². The number of nitrogens with zero attached hydrogens (tertiary/aromatic N) is 3. The first-order valence-electron chi connectivity index (χ1n) is 6.16. The molecule has 2 heterocycles. The van der Waals surface area contributed by atoms with Crippen LogP contribution in [-0.2, 0) is 7.05 Å². The molecule has 17 heavy (non-hydrogen) atoms. The highest BCUT2D eigenvalue weighted by atomic mass is 35.5. The maximum absolute atomic E-state index is 6.13. The lowest BCUT2D eigenvalue weighted by Crippen LogP contribution is -2.04. The average molecular weight is 250 g/mol. The molecule has 3 nitrogen and oxygen atoms in total. The van der Waals surface area contributed by atoms with E-state index >= 15 is 0 Å². The number of halogens is 1. The Balaban J connectivity index is 2.18. The summed E-state index contributed by atoms with van der Waals surface area (Å²) in [7, 11) is 1.95. The van der Waals surface area contributed by atoms with Gasteiger partial charge in [0.25, 0.3) is 0 Å². The van der Waals surface area contributed by atoms with E-state index in [2.05, 4.69) is 4.98 Å². The second-order valence-corrected chi connectivity index (χ2v) is 5.30. The minimum absolute atomic E-state index is 0.548. The molecule has 0 N–H and O–H groups in total. The zero-order valence-electron chi connectivity index (χ0n) is 10.2. The van der Waals surface area contributed by atoms with E-state index in [9.17, 15) is 0 Å². The Hall–Kier alpha value is -1.09. The smallest absolute Gasteiger partial charge is 0.144 e. The lowest BCUT2D eigenvalue weighted by Gasteiger charge is -2.09. The molecular weight excluding hydrogens is 234 g/mol. The van der Waals surface area contributed by atoms with Gasteiger partial charge in [-0.3, -0.25) is 0 Å². The van der Waals surface area contributed by atoms with E-state index in [1.54, 1.807) is 0 Å². The Kier molecular flexibility index (Phi) is 2.58. The molecule has 0 amide bonds. The molecule has 1 fully saturated rings. The van der Waals surface area contributed by atoms with E-state index in [0.717, 1.165) is 27.7 Å². The Morgan fingerprint density at radius 3 is 2.71 bits per heavy atom. The van der Waals surface area contributed by atoms with Crippen LogP contribution in [-0.4, -0.2) is 14.5 Å². The van der Waals surface area contributed by atoms with Gasteiger partial charge in [-0.2, -0.15) is 0 Å². The molecule has 0 bridgehead atoms. The predicted octanol–water partition coefficient (Wildman–Crippen LogP) is 3.59. The summed E-state index contributed by atoms with van der Waals surface area (Å²) in [5.74, 6) is 1.55. The van der Waals surface area contributed by atoms with Gasteiger partial charge in [-0.1, -0.05) is 24.4 Å². The molecule has 0 aliphatic heterocycles. The molecule has 4 heteroatoms. The van der Waals surface area contributed by atoms with Crippen LogP contribution in [0.5, 0.6) is 0 Å². The molecule has 90 valence electrons. The van der Waals surface area contributed by atoms with Crippen LogP contribution in [0.3, 0.4) is 0 Å². The second-order valence-electron chi connectivity index (χ2n) is 4.91. The maximum atomic E-state index is 6.13. The van der Waals surface area contributed by atoms with E-state index in [1.165, 1.54) is 25.7 Å². The van der Waals surface area contributed by atoms with E-state index in [1.807, 2.05) is 24.6 Å². The van der Waals surface area contributed by atoms with E-state index < -0.39 is 0 Å². The van der Waals surface area contributed by atoms with Crippen molar-refractivity contribution in [2.24, 2.45) is 7.05 Å². The monoisotopic (exact) mass is 249 g/mol. The quantitative estimate of drug-likeness (QED) is 0.773. The first-order valence-corrected chi connectivity index (χ1v) is 6.54. The van der Waals surface area contributed by atoms with E-state index in [0.29, 0.717) is 5.92 Å². The zero-order valence-corrected chi connectivity index (χ0v) is 11.0. The molecule has 0 atom stereocenters. The minimum atomic E-state index is 0.548. The fourth-order valence-electron chi connectivity index (χ4n) is 2.70. The molecule has 1 saturated carbocycles. The summed E-state index contributed by atoms with van der Waals surface area (Å²) < 4.78 is 1.93. The van der Waals surface area contributed by atoms with Gasteiger partial charge in [0.05, 0.1) is 5.69 Å². The third-order valence-corrected chi connectivity index (χ3v) is 4.12. The van der Waals surface area contributed by atoms with Gasteiger partial charge >= 0.3 is 0 Å². The Bertz CT molecular complexity index is 568. The zero-order chi connectivity index (χ0) is 12.0. The van der Waals surface area contributed by atoms with Crippen molar-refractivity contribution >= 4 is 22.6 Å². The second kappa shape index (κ2) is 3.98. The Morgan fingerprint density at radius 1 is 1.29 bits per heavy atom. The third kappa shape index (κ3) is 1.73. The first kappa shape index (κ1) is 11.0. The van der Waals surface area contributed by atoms with Crippen molar-refractivity contribution < 1.29 is 0 Å². The summed E-state index contributed by atoms with van der Waals surface area (Å²) in [6, 6.07) is 1.95. The first-order chi connectivity index (χ1) is 8.16. The fraction of sp³-hybridized carbons (Fsp3) is 0.538. The highest BCUT2D eigenvalue weighted by Crippen LogP contribution is 2.33. The van der Waals surface area contributed by atoms with Crippen molar-refractivity contribution in [1.29, 1.82) is 0 Å². The predicted molar refractivity (Wildman–Crippen MR) is 69.5 cm³/mol. The van der Waals surface area contributed by atoms with Crippen molar-refractivity contribution in [3.8, 4) is 0 Å². The lowest BCUT2D eigenvalue weighted by atomic mass is 10.1. The van der Waals surface area contributed by atoms with Crippen LogP contribution >= 0.6 is 11.6 Å². The van der Waals surface area contributed by atoms with Gasteiger partial charge in [0, 0.05) is 18.4 Å². The van der Waals surface area contributed by atoms with Crippen LogP contribution < -0.4 is 0 Å². The molecule has 0 unspecified atom stereocenters. The summed E-state index contributed by atoms with van der Waals surface area (Å²) in [6.07, 6.45) is 5.06. The molecule has 1 aliphatic carbocycles. The number of aromatic nitrogens is 3. The molecule has 3 rings (SSSR count). The van der Waals surface area contributed by atoms with Crippen LogP contribution in [0.25, 0.3) is 11.0 Å². The molecule has 0 saturated heterocycles. The van der Waals surface area contributed by atoms with Gasteiger partial charge in [0.1, 0.15) is 16.6 Å². The third-order valence-electron chi connectivity index (χ3n) is 3.76. The number of hydrogen-bond acceptors (Lipinski definition) is 2. The molecule has 0 spiro atoms. The van der Waals surface area contributed by atoms with Gasteiger partial charge < -0.3 is 4.57 Å². The van der Waals surface area contributed by atoms with E-state index in [4.69, 9.17) is 16.6 Å². The molecule has 2 aromatic rings. The van der Waals surface area contributed by atoms with Gasteiger partial charge in [-0.15, -0.1) is 0 Å². The molecule has 0 aromatic carbocycles. The van der Waals surface area contributed by atoms with Crippen LogP contribution in [0.4, 0.5) is 0 Å². The largest absolute Gasteiger partial charge is 0.319 e. The van der Waals surface area contributed by atoms with Crippen molar-refractivity contribution in [1.82, 2.24) is 14.5 Å². The fourth-order valence-corrected chi connectivity index (χ4v) is 2.89. The summed E-state index contributed by atoms with van der Waals surface area (Å²) in [6.45, 7) is 2.04. The van der Waals surface area contributed by atoms with Gasteiger partial charge in [-0.25, -0.2) is 9.97 Å². The highest BCUT2D eigenvalue weighted by molar-refractivity contribution is 6.30. The molecule has 2 aromatic heterocycles.